The van der Waals surface area contributed by atoms with Crippen molar-refractivity contribution in [3.63, 3.8) is 0 Å². The number of Topliss-reactive ketones (excluding diaryl/α,β-unsaturated/α-hetero) is 1. The third-order valence-electron chi connectivity index (χ3n) is 3.72. The van der Waals surface area contributed by atoms with E-state index in [0.29, 0.717) is 12.0 Å². The molecule has 0 spiro atoms. The largest absolute Gasteiger partial charge is 0.480 e. The number of nitrogens with one attached hydrogen (secondary N) is 1. The van der Waals surface area contributed by atoms with Crippen LogP contribution in [0.25, 0.3) is 0 Å². The van der Waals surface area contributed by atoms with Crippen LogP contribution in [0.3, 0.4) is 0 Å². The van der Waals surface area contributed by atoms with E-state index in [-0.39, 0.29) is 24.0 Å². The van der Waals surface area contributed by atoms with Gasteiger partial charge in [0.2, 0.25) is 0 Å². The van der Waals surface area contributed by atoms with Gasteiger partial charge in [-0.3, -0.25) is 9.59 Å². The van der Waals surface area contributed by atoms with Crippen LogP contribution in [-0.4, -0.2) is 28.8 Å². The molecule has 1 aromatic rings. The number of ketones is 1. The Morgan fingerprint density at radius 3 is 2.13 bits per heavy atom. The van der Waals surface area contributed by atoms with E-state index in [4.69, 9.17) is 0 Å². The van der Waals surface area contributed by atoms with Crippen molar-refractivity contribution < 1.29 is 19.5 Å². The molecule has 1 rings (SSSR count). The summed E-state index contributed by atoms with van der Waals surface area (Å²) in [7, 11) is 0. The Morgan fingerprint density at radius 2 is 1.70 bits per heavy atom. The van der Waals surface area contributed by atoms with Crippen molar-refractivity contribution in [2.45, 2.75) is 58.4 Å². The van der Waals surface area contributed by atoms with Crippen molar-refractivity contribution in [3.05, 3.63) is 35.4 Å². The van der Waals surface area contributed by atoms with Gasteiger partial charge in [0.1, 0.15) is 11.8 Å². The van der Waals surface area contributed by atoms with Gasteiger partial charge in [-0.15, -0.1) is 0 Å². The molecule has 126 valence electrons. The molecule has 5 heteroatoms. The SMILES string of the molecule is CCC(=O)CC[C@@H](NC(=O)c1ccc(C(C)(C)C)cc1)C(=O)O. The van der Waals surface area contributed by atoms with Crippen LogP contribution >= 0.6 is 0 Å². The third kappa shape index (κ3) is 5.85. The second kappa shape index (κ2) is 7.90. The van der Waals surface area contributed by atoms with Gasteiger partial charge < -0.3 is 10.4 Å². The van der Waals surface area contributed by atoms with E-state index in [2.05, 4.69) is 26.1 Å². The number of rotatable bonds is 7. The molecule has 5 nitrogen and oxygen atoms in total. The summed E-state index contributed by atoms with van der Waals surface area (Å²) in [4.78, 5) is 34.7. The molecule has 1 amide bonds. The Labute approximate surface area is 137 Å². The van der Waals surface area contributed by atoms with Gasteiger partial charge in [0, 0.05) is 18.4 Å². The van der Waals surface area contributed by atoms with Crippen molar-refractivity contribution in [1.82, 2.24) is 5.32 Å². The number of aliphatic carboxylic acids is 1. The first-order valence-electron chi connectivity index (χ1n) is 7.81. The molecule has 0 saturated carbocycles. The Kier molecular flexibility index (Phi) is 6.49. The molecular weight excluding hydrogens is 294 g/mol. The van der Waals surface area contributed by atoms with Crippen LogP contribution in [0.4, 0.5) is 0 Å². The zero-order valence-electron chi connectivity index (χ0n) is 14.2. The molecule has 0 unspecified atom stereocenters. The lowest BCUT2D eigenvalue weighted by Gasteiger charge is -2.19. The van der Waals surface area contributed by atoms with Gasteiger partial charge in [-0.1, -0.05) is 39.8 Å². The smallest absolute Gasteiger partial charge is 0.326 e. The molecular formula is C18H25NO4. The lowest BCUT2D eigenvalue weighted by molar-refractivity contribution is -0.139. The zero-order chi connectivity index (χ0) is 17.6. The Balaban J connectivity index is 2.75. The van der Waals surface area contributed by atoms with Gasteiger partial charge in [0.05, 0.1) is 0 Å². The highest BCUT2D eigenvalue weighted by Gasteiger charge is 2.22. The molecule has 0 bridgehead atoms. The number of carboxylic acid groups (broad SMARTS) is 1. The van der Waals surface area contributed by atoms with Gasteiger partial charge in [0.25, 0.3) is 5.91 Å². The molecule has 0 fully saturated rings. The number of benzene rings is 1. The quantitative estimate of drug-likeness (QED) is 0.809. The van der Waals surface area contributed by atoms with E-state index >= 15 is 0 Å². The average molecular weight is 319 g/mol. The van der Waals surface area contributed by atoms with Crippen LogP contribution in [0.2, 0.25) is 0 Å². The molecule has 0 aliphatic rings. The van der Waals surface area contributed by atoms with Crippen molar-refractivity contribution in [3.8, 4) is 0 Å². The topological polar surface area (TPSA) is 83.5 Å². The van der Waals surface area contributed by atoms with Gasteiger partial charge in [-0.05, 0) is 29.5 Å². The summed E-state index contributed by atoms with van der Waals surface area (Å²) in [5.74, 6) is -1.59. The van der Waals surface area contributed by atoms with E-state index in [1.807, 2.05) is 12.1 Å². The molecule has 0 aliphatic carbocycles. The minimum Gasteiger partial charge on any atom is -0.480 e. The molecule has 23 heavy (non-hydrogen) atoms. The number of amides is 1. The first-order chi connectivity index (χ1) is 10.6. The van der Waals surface area contributed by atoms with Crippen molar-refractivity contribution >= 4 is 17.7 Å². The predicted octanol–water partition coefficient (Wildman–Crippen LogP) is 2.93. The first-order valence-corrected chi connectivity index (χ1v) is 7.81. The molecule has 0 aromatic heterocycles. The maximum absolute atomic E-state index is 12.2. The maximum Gasteiger partial charge on any atom is 0.326 e. The fourth-order valence-electron chi connectivity index (χ4n) is 2.10. The fourth-order valence-corrected chi connectivity index (χ4v) is 2.10. The molecule has 0 radical (unpaired) electrons. The second-order valence-corrected chi connectivity index (χ2v) is 6.62. The highest BCUT2D eigenvalue weighted by molar-refractivity contribution is 5.96. The summed E-state index contributed by atoms with van der Waals surface area (Å²) >= 11 is 0. The number of carboxylic acids is 1. The minimum atomic E-state index is -1.13. The van der Waals surface area contributed by atoms with Crippen LogP contribution in [0.1, 0.15) is 62.9 Å². The van der Waals surface area contributed by atoms with Crippen LogP contribution in [-0.2, 0) is 15.0 Å². The molecule has 0 aliphatic heterocycles. The summed E-state index contributed by atoms with van der Waals surface area (Å²) in [5.41, 5.74) is 1.49. The van der Waals surface area contributed by atoms with Crippen LogP contribution in [0.15, 0.2) is 24.3 Å². The summed E-state index contributed by atoms with van der Waals surface area (Å²) in [6.07, 6.45) is 0.624. The molecule has 0 saturated heterocycles. The van der Waals surface area contributed by atoms with E-state index in [1.165, 1.54) is 0 Å². The van der Waals surface area contributed by atoms with Gasteiger partial charge in [-0.2, -0.15) is 0 Å². The standard InChI is InChI=1S/C18H25NO4/c1-5-14(20)10-11-15(17(22)23)19-16(21)12-6-8-13(9-7-12)18(2,3)4/h6-9,15H,5,10-11H2,1-4H3,(H,19,21)(H,22,23)/t15-/m1/s1. The molecule has 2 N–H and O–H groups in total. The van der Waals surface area contributed by atoms with Crippen LogP contribution in [0.5, 0.6) is 0 Å². The fraction of sp³-hybridized carbons (Fsp3) is 0.500. The minimum absolute atomic E-state index is 0.0139. The predicted molar refractivity (Wildman–Crippen MR) is 88.6 cm³/mol. The normalized spacial score (nSPS) is 12.5. The van der Waals surface area contributed by atoms with Crippen molar-refractivity contribution in [2.75, 3.05) is 0 Å². The lowest BCUT2D eigenvalue weighted by Crippen LogP contribution is -2.41. The number of hydrogen-bond acceptors (Lipinski definition) is 3. The Morgan fingerprint density at radius 1 is 1.13 bits per heavy atom. The van der Waals surface area contributed by atoms with Crippen molar-refractivity contribution in [1.29, 1.82) is 0 Å². The van der Waals surface area contributed by atoms with E-state index < -0.39 is 17.9 Å². The highest BCUT2D eigenvalue weighted by atomic mass is 16.4. The zero-order valence-corrected chi connectivity index (χ0v) is 14.2. The highest BCUT2D eigenvalue weighted by Crippen LogP contribution is 2.22. The number of carbonyl (C=O) groups excluding carboxylic acids is 2. The first kappa shape index (κ1) is 18.9. The summed E-state index contributed by atoms with van der Waals surface area (Å²) in [6, 6.07) is 6.05. The third-order valence-corrected chi connectivity index (χ3v) is 3.72. The second-order valence-electron chi connectivity index (χ2n) is 6.62. The van der Waals surface area contributed by atoms with Gasteiger partial charge in [0.15, 0.2) is 0 Å². The summed E-state index contributed by atoms with van der Waals surface area (Å²) in [6.45, 7) is 7.96. The van der Waals surface area contributed by atoms with E-state index in [1.54, 1.807) is 19.1 Å². The number of carbonyl (C=O) groups is 3. The molecule has 0 heterocycles. The van der Waals surface area contributed by atoms with Gasteiger partial charge in [-0.25, -0.2) is 4.79 Å². The summed E-state index contributed by atoms with van der Waals surface area (Å²) in [5, 5.41) is 11.7. The average Bonchev–Trinajstić information content (AvgIpc) is 2.49. The van der Waals surface area contributed by atoms with E-state index in [9.17, 15) is 19.5 Å². The van der Waals surface area contributed by atoms with E-state index in [0.717, 1.165) is 5.56 Å². The monoisotopic (exact) mass is 319 g/mol. The van der Waals surface area contributed by atoms with Crippen LogP contribution < -0.4 is 5.32 Å². The molecule has 1 atom stereocenters. The lowest BCUT2D eigenvalue weighted by atomic mass is 9.86. The Hall–Kier alpha value is -2.17. The number of hydrogen-bond donors (Lipinski definition) is 2. The van der Waals surface area contributed by atoms with Gasteiger partial charge >= 0.3 is 5.97 Å². The Bertz CT molecular complexity index is 570. The van der Waals surface area contributed by atoms with Crippen LogP contribution in [0, 0.1) is 0 Å². The summed E-state index contributed by atoms with van der Waals surface area (Å²) < 4.78 is 0. The maximum atomic E-state index is 12.2. The van der Waals surface area contributed by atoms with Crippen molar-refractivity contribution in [2.24, 2.45) is 0 Å². The molecule has 1 aromatic carbocycles.